The van der Waals surface area contributed by atoms with E-state index in [-0.39, 0.29) is 0 Å². The van der Waals surface area contributed by atoms with Gasteiger partial charge in [-0.25, -0.2) is 4.98 Å². The van der Waals surface area contributed by atoms with Gasteiger partial charge in [0.1, 0.15) is 4.60 Å². The number of aromatic nitrogens is 1. The van der Waals surface area contributed by atoms with Gasteiger partial charge in [-0.3, -0.25) is 0 Å². The van der Waals surface area contributed by atoms with E-state index in [1.165, 1.54) is 5.56 Å². The molecule has 2 nitrogen and oxygen atoms in total. The highest BCUT2D eigenvalue weighted by atomic mass is 79.9. The van der Waals surface area contributed by atoms with Crippen molar-refractivity contribution in [2.45, 2.75) is 5.92 Å². The maximum atomic E-state index is 4.13. The van der Waals surface area contributed by atoms with Crippen LogP contribution in [0.1, 0.15) is 11.5 Å². The summed E-state index contributed by atoms with van der Waals surface area (Å²) in [5, 5.41) is 3.25. The Morgan fingerprint density at radius 1 is 1.42 bits per heavy atom. The summed E-state index contributed by atoms with van der Waals surface area (Å²) in [5.41, 5.74) is 1.34. The summed E-state index contributed by atoms with van der Waals surface area (Å²) in [5.74, 6) is 0.652. The first-order valence-electron chi connectivity index (χ1n) is 3.79. The predicted molar refractivity (Wildman–Crippen MR) is 55.2 cm³/mol. The van der Waals surface area contributed by atoms with Gasteiger partial charge in [0, 0.05) is 29.7 Å². The number of nitrogens with zero attached hydrogens (tertiary/aromatic N) is 1. The lowest BCUT2D eigenvalue weighted by atomic mass is 9.95. The molecule has 0 amide bonds. The fraction of sp³-hybridized carbons (Fsp3) is 0.375. The quantitative estimate of drug-likeness (QED) is 0.803. The Morgan fingerprint density at radius 3 is 2.75 bits per heavy atom. The lowest BCUT2D eigenvalue weighted by Crippen LogP contribution is -2.40. The van der Waals surface area contributed by atoms with Crippen molar-refractivity contribution in [1.82, 2.24) is 10.3 Å². The maximum absolute atomic E-state index is 4.13. The Hall–Kier alpha value is 0.0700. The second-order valence-electron chi connectivity index (χ2n) is 2.88. The summed E-state index contributed by atoms with van der Waals surface area (Å²) in [7, 11) is 0. The van der Waals surface area contributed by atoms with Crippen LogP contribution in [0, 0.1) is 0 Å². The first kappa shape index (κ1) is 8.66. The van der Waals surface area contributed by atoms with E-state index in [4.69, 9.17) is 0 Å². The average Bonchev–Trinajstić information content (AvgIpc) is 1.93. The van der Waals surface area contributed by atoms with E-state index in [1.54, 1.807) is 0 Å². The molecule has 0 aromatic carbocycles. The largest absolute Gasteiger partial charge is 0.315 e. The third-order valence-electron chi connectivity index (χ3n) is 2.07. The summed E-state index contributed by atoms with van der Waals surface area (Å²) < 4.78 is 2.02. The van der Waals surface area contributed by atoms with Crippen molar-refractivity contribution in [3.63, 3.8) is 0 Å². The van der Waals surface area contributed by atoms with Crippen LogP contribution in [0.25, 0.3) is 0 Å². The molecule has 64 valence electrons. The molecule has 1 N–H and O–H groups in total. The fourth-order valence-electron chi connectivity index (χ4n) is 1.25. The van der Waals surface area contributed by atoms with Gasteiger partial charge in [0.25, 0.3) is 0 Å². The van der Waals surface area contributed by atoms with Crippen molar-refractivity contribution in [1.29, 1.82) is 0 Å². The number of halogens is 2. The van der Waals surface area contributed by atoms with Crippen molar-refractivity contribution >= 4 is 31.9 Å². The van der Waals surface area contributed by atoms with Gasteiger partial charge in [-0.1, -0.05) is 0 Å². The smallest absolute Gasteiger partial charge is 0.106 e. The molecule has 0 bridgehead atoms. The lowest BCUT2D eigenvalue weighted by molar-refractivity contribution is 0.446. The van der Waals surface area contributed by atoms with Crippen molar-refractivity contribution in [2.24, 2.45) is 0 Å². The molecule has 0 unspecified atom stereocenters. The molecule has 0 atom stereocenters. The zero-order chi connectivity index (χ0) is 8.55. The minimum Gasteiger partial charge on any atom is -0.315 e. The second-order valence-corrected chi connectivity index (χ2v) is 4.55. The molecule has 0 saturated carbocycles. The highest BCUT2D eigenvalue weighted by Crippen LogP contribution is 2.28. The van der Waals surface area contributed by atoms with Crippen molar-refractivity contribution in [3.8, 4) is 0 Å². The van der Waals surface area contributed by atoms with Crippen LogP contribution >= 0.6 is 31.9 Å². The third-order valence-corrected chi connectivity index (χ3v) is 3.17. The zero-order valence-electron chi connectivity index (χ0n) is 6.35. The molecule has 1 aliphatic rings. The Bertz CT molecular complexity index is 297. The van der Waals surface area contributed by atoms with Gasteiger partial charge in [0.2, 0.25) is 0 Å². The first-order valence-corrected chi connectivity index (χ1v) is 5.37. The Kier molecular flexibility index (Phi) is 2.48. The SMILES string of the molecule is Brc1cc(C2CNC2)c(Br)cn1. The zero-order valence-corrected chi connectivity index (χ0v) is 9.52. The number of hydrogen-bond acceptors (Lipinski definition) is 2. The van der Waals surface area contributed by atoms with E-state index in [9.17, 15) is 0 Å². The van der Waals surface area contributed by atoms with E-state index >= 15 is 0 Å². The Labute approximate surface area is 88.0 Å². The molecule has 12 heavy (non-hydrogen) atoms. The Morgan fingerprint density at radius 2 is 2.17 bits per heavy atom. The highest BCUT2D eigenvalue weighted by molar-refractivity contribution is 9.11. The molecule has 4 heteroatoms. The summed E-state index contributed by atoms with van der Waals surface area (Å²) >= 11 is 6.86. The minimum absolute atomic E-state index is 0.652. The van der Waals surface area contributed by atoms with E-state index in [0.717, 1.165) is 22.2 Å². The average molecular weight is 292 g/mol. The summed E-state index contributed by atoms with van der Waals surface area (Å²) in [6.45, 7) is 2.16. The van der Waals surface area contributed by atoms with Gasteiger partial charge in [-0.05, 0) is 43.5 Å². The normalized spacial score (nSPS) is 17.5. The lowest BCUT2D eigenvalue weighted by Gasteiger charge is -2.28. The number of rotatable bonds is 1. The minimum atomic E-state index is 0.652. The van der Waals surface area contributed by atoms with Crippen LogP contribution < -0.4 is 5.32 Å². The molecule has 1 saturated heterocycles. The van der Waals surface area contributed by atoms with E-state index in [1.807, 2.05) is 6.20 Å². The van der Waals surface area contributed by atoms with Crippen LogP contribution in [0.4, 0.5) is 0 Å². The molecule has 1 aromatic rings. The van der Waals surface area contributed by atoms with Crippen molar-refractivity contribution in [2.75, 3.05) is 13.1 Å². The molecule has 2 heterocycles. The van der Waals surface area contributed by atoms with Gasteiger partial charge < -0.3 is 5.32 Å². The van der Waals surface area contributed by atoms with Gasteiger partial charge in [-0.15, -0.1) is 0 Å². The van der Waals surface area contributed by atoms with Gasteiger partial charge in [0.15, 0.2) is 0 Å². The van der Waals surface area contributed by atoms with E-state index in [0.29, 0.717) is 5.92 Å². The molecule has 1 aliphatic heterocycles. The Balaban J connectivity index is 2.34. The van der Waals surface area contributed by atoms with Gasteiger partial charge in [-0.2, -0.15) is 0 Å². The molecule has 0 radical (unpaired) electrons. The van der Waals surface area contributed by atoms with Crippen LogP contribution in [0.3, 0.4) is 0 Å². The molecule has 2 rings (SSSR count). The number of pyridine rings is 1. The van der Waals surface area contributed by atoms with Crippen molar-refractivity contribution < 1.29 is 0 Å². The molecular formula is C8H8Br2N2. The first-order chi connectivity index (χ1) is 5.77. The van der Waals surface area contributed by atoms with E-state index in [2.05, 4.69) is 48.2 Å². The number of hydrogen-bond donors (Lipinski definition) is 1. The van der Waals surface area contributed by atoms with Crippen LogP contribution in [-0.2, 0) is 0 Å². The molecular weight excluding hydrogens is 284 g/mol. The fourth-order valence-corrected chi connectivity index (χ4v) is 2.14. The van der Waals surface area contributed by atoms with Crippen molar-refractivity contribution in [3.05, 3.63) is 26.9 Å². The predicted octanol–water partition coefficient (Wildman–Crippen LogP) is 2.29. The van der Waals surface area contributed by atoms with Gasteiger partial charge in [0.05, 0.1) is 0 Å². The van der Waals surface area contributed by atoms with Crippen LogP contribution in [0.15, 0.2) is 21.3 Å². The molecule has 1 fully saturated rings. The maximum Gasteiger partial charge on any atom is 0.106 e. The standard InChI is InChI=1S/C8H8Br2N2/c9-7-4-12-8(10)1-6(7)5-2-11-3-5/h1,4-5,11H,2-3H2. The summed E-state index contributed by atoms with van der Waals surface area (Å²) in [6.07, 6.45) is 1.84. The monoisotopic (exact) mass is 290 g/mol. The second kappa shape index (κ2) is 3.44. The summed E-state index contributed by atoms with van der Waals surface area (Å²) in [6, 6.07) is 2.08. The van der Waals surface area contributed by atoms with E-state index < -0.39 is 0 Å². The van der Waals surface area contributed by atoms with Gasteiger partial charge >= 0.3 is 0 Å². The van der Waals surface area contributed by atoms with Crippen LogP contribution in [-0.4, -0.2) is 18.1 Å². The highest BCUT2D eigenvalue weighted by Gasteiger charge is 2.21. The molecule has 0 aliphatic carbocycles. The number of nitrogens with one attached hydrogen (secondary N) is 1. The molecule has 0 spiro atoms. The third kappa shape index (κ3) is 1.56. The van der Waals surface area contributed by atoms with Crippen LogP contribution in [0.5, 0.6) is 0 Å². The van der Waals surface area contributed by atoms with Crippen LogP contribution in [0.2, 0.25) is 0 Å². The summed E-state index contributed by atoms with van der Waals surface area (Å²) in [4.78, 5) is 4.13. The molecule has 1 aromatic heterocycles. The topological polar surface area (TPSA) is 24.9 Å².